The highest BCUT2D eigenvalue weighted by atomic mass is 16.6. The molecular weight excluding hydrogens is 510 g/mol. The van der Waals surface area contributed by atoms with Gasteiger partial charge in [0.2, 0.25) is 0 Å². The van der Waals surface area contributed by atoms with Gasteiger partial charge in [-0.05, 0) is 71.8 Å². The zero-order valence-electron chi connectivity index (χ0n) is 24.5. The molecule has 6 atom stereocenters. The maximum atomic E-state index is 13.3. The summed E-state index contributed by atoms with van der Waals surface area (Å²) in [6.45, 7) is 15.1. The van der Waals surface area contributed by atoms with Crippen LogP contribution in [-0.2, 0) is 39.8 Å². The third kappa shape index (κ3) is 5.77. The minimum Gasteiger partial charge on any atom is -0.462 e. The first-order chi connectivity index (χ1) is 18.7. The highest BCUT2D eigenvalue weighted by Gasteiger charge is 2.59. The van der Waals surface area contributed by atoms with Crippen LogP contribution in [0.25, 0.3) is 0 Å². The van der Waals surface area contributed by atoms with Crippen molar-refractivity contribution in [2.75, 3.05) is 0 Å². The molecule has 0 amide bonds. The van der Waals surface area contributed by atoms with Gasteiger partial charge in [0.1, 0.15) is 18.3 Å². The lowest BCUT2D eigenvalue weighted by Gasteiger charge is -2.57. The monoisotopic (exact) mass is 551 g/mol. The molecule has 3 aliphatic rings. The molecule has 8 heteroatoms. The Balaban J connectivity index is 1.70. The summed E-state index contributed by atoms with van der Waals surface area (Å²) in [6, 6.07) is 3.75. The number of ketones is 1. The topological polar surface area (TPSA) is 109 Å². The van der Waals surface area contributed by atoms with Gasteiger partial charge < -0.3 is 14.2 Å². The quantitative estimate of drug-likeness (QED) is 0.273. The van der Waals surface area contributed by atoms with E-state index in [0.29, 0.717) is 36.8 Å². The first-order valence-corrected chi connectivity index (χ1v) is 14.1. The zero-order valence-corrected chi connectivity index (χ0v) is 24.5. The number of hydrogen-bond donors (Lipinski definition) is 0. The number of nitrogens with zero attached hydrogens (tertiary/aromatic N) is 1. The number of carbonyl (C=O) groups excluding carboxylic acids is 4. The molecule has 0 spiro atoms. The summed E-state index contributed by atoms with van der Waals surface area (Å²) < 4.78 is 18.0. The van der Waals surface area contributed by atoms with Crippen molar-refractivity contribution in [1.82, 2.24) is 4.98 Å². The molecule has 1 aromatic heterocycles. The van der Waals surface area contributed by atoms with Crippen molar-refractivity contribution in [1.29, 1.82) is 0 Å². The average Bonchev–Trinajstić information content (AvgIpc) is 2.86. The molecule has 0 N–H and O–H groups in total. The first kappa shape index (κ1) is 29.7. The predicted molar refractivity (Wildman–Crippen MR) is 148 cm³/mol. The van der Waals surface area contributed by atoms with Crippen LogP contribution in [0.15, 0.2) is 47.8 Å². The molecule has 8 nitrogen and oxygen atoms in total. The molecule has 40 heavy (non-hydrogen) atoms. The van der Waals surface area contributed by atoms with E-state index < -0.39 is 47.0 Å². The van der Waals surface area contributed by atoms with Gasteiger partial charge >= 0.3 is 17.9 Å². The Morgan fingerprint density at radius 1 is 1.07 bits per heavy atom. The number of carbonyl (C=O) groups is 4. The highest BCUT2D eigenvalue weighted by Crippen LogP contribution is 2.59. The minimum atomic E-state index is -0.660. The molecule has 0 aromatic carbocycles. The number of aromatic nitrogens is 1. The maximum Gasteiger partial charge on any atom is 0.306 e. The number of hydrogen-bond acceptors (Lipinski definition) is 8. The number of aryl methyl sites for hydroxylation is 1. The lowest BCUT2D eigenvalue weighted by atomic mass is 9.50. The van der Waals surface area contributed by atoms with Crippen LogP contribution >= 0.6 is 0 Å². The predicted octanol–water partition coefficient (Wildman–Crippen LogP) is 5.10. The Labute approximate surface area is 236 Å². The third-order valence-corrected chi connectivity index (χ3v) is 9.31. The van der Waals surface area contributed by atoms with Crippen LogP contribution in [0.3, 0.4) is 0 Å². The summed E-state index contributed by atoms with van der Waals surface area (Å²) in [4.78, 5) is 55.1. The average molecular weight is 552 g/mol. The van der Waals surface area contributed by atoms with Crippen molar-refractivity contribution in [2.45, 2.75) is 98.4 Å². The highest BCUT2D eigenvalue weighted by molar-refractivity contribution is 5.97. The summed E-state index contributed by atoms with van der Waals surface area (Å²) in [7, 11) is 0. The number of Topliss-reactive ketones (excluding diaryl/α,β-unsaturated/α-hetero) is 1. The lowest BCUT2D eigenvalue weighted by Crippen LogP contribution is -2.58. The van der Waals surface area contributed by atoms with Crippen molar-refractivity contribution in [3.63, 3.8) is 0 Å². The van der Waals surface area contributed by atoms with E-state index in [2.05, 4.69) is 18.5 Å². The van der Waals surface area contributed by atoms with Gasteiger partial charge in [0.05, 0.1) is 0 Å². The van der Waals surface area contributed by atoms with Crippen LogP contribution in [0.1, 0.15) is 79.2 Å². The number of rotatable bonds is 6. The smallest absolute Gasteiger partial charge is 0.306 e. The summed E-state index contributed by atoms with van der Waals surface area (Å²) in [5.41, 5.74) is 1.95. The molecule has 0 saturated heterocycles. The van der Waals surface area contributed by atoms with Gasteiger partial charge in [-0.1, -0.05) is 33.4 Å². The van der Waals surface area contributed by atoms with Gasteiger partial charge in [0, 0.05) is 50.9 Å². The van der Waals surface area contributed by atoms with Crippen molar-refractivity contribution in [3.8, 4) is 0 Å². The van der Waals surface area contributed by atoms with E-state index in [1.807, 2.05) is 26.0 Å². The number of pyridine rings is 1. The van der Waals surface area contributed by atoms with Crippen LogP contribution < -0.4 is 0 Å². The largest absolute Gasteiger partial charge is 0.462 e. The molecular formula is C32H41NO7. The van der Waals surface area contributed by atoms with E-state index in [4.69, 9.17) is 14.2 Å². The minimum absolute atomic E-state index is 0.0444. The van der Waals surface area contributed by atoms with E-state index in [-0.39, 0.29) is 30.5 Å². The van der Waals surface area contributed by atoms with Crippen LogP contribution in [0.4, 0.5) is 0 Å². The SMILES string of the molecule is C=C1[C@@H](OC(=O)CCc2cccnc2)CC[C@@]2(C)C[C@H](OC(C)=O)C3=C(C)C(=O)C[C@@H]([C@@H](OC(C)=O)[C@H]12)C3(C)C. The third-order valence-electron chi connectivity index (χ3n) is 9.31. The second-order valence-electron chi connectivity index (χ2n) is 12.5. The Bertz CT molecular complexity index is 1230. The molecule has 3 aliphatic carbocycles. The molecule has 2 fully saturated rings. The Morgan fingerprint density at radius 2 is 1.77 bits per heavy atom. The molecule has 0 radical (unpaired) electrons. The van der Waals surface area contributed by atoms with Crippen molar-refractivity contribution < 1.29 is 33.4 Å². The van der Waals surface area contributed by atoms with Crippen molar-refractivity contribution >= 4 is 23.7 Å². The number of esters is 3. The summed E-state index contributed by atoms with van der Waals surface area (Å²) in [5.74, 6) is -2.01. The molecule has 0 unspecified atom stereocenters. The fraction of sp³-hybridized carbons (Fsp3) is 0.594. The van der Waals surface area contributed by atoms with Gasteiger partial charge in [-0.3, -0.25) is 24.2 Å². The second kappa shape index (κ2) is 11.3. The normalized spacial score (nSPS) is 31.4. The molecule has 1 aromatic rings. The lowest BCUT2D eigenvalue weighted by molar-refractivity contribution is -0.172. The summed E-state index contributed by atoms with van der Waals surface area (Å²) in [5, 5.41) is 0. The van der Waals surface area contributed by atoms with E-state index in [1.165, 1.54) is 13.8 Å². The molecule has 0 aliphatic heterocycles. The standard InChI is InChI=1S/C32H41NO7/c1-18-24(36)15-23-30(39-21(4)35)29-19(2)25(40-27(37)11-10-22-9-8-14-33-17-22)12-13-32(29,7)16-26(38-20(3)34)28(18)31(23,5)6/h8-9,14,17,23,25-26,29-30H,2,10-13,15-16H2,1,3-7H3/t23-,25-,26-,29-,30+,32-/m0/s1. The van der Waals surface area contributed by atoms with Gasteiger partial charge in [0.25, 0.3) is 0 Å². The zero-order chi connectivity index (χ0) is 29.4. The Morgan fingerprint density at radius 3 is 2.40 bits per heavy atom. The van der Waals surface area contributed by atoms with Crippen LogP contribution in [0.2, 0.25) is 0 Å². The van der Waals surface area contributed by atoms with Gasteiger partial charge in [-0.15, -0.1) is 0 Å². The Hall–Kier alpha value is -3.29. The molecule has 216 valence electrons. The number of ether oxygens (including phenoxy) is 3. The van der Waals surface area contributed by atoms with E-state index in [9.17, 15) is 19.2 Å². The van der Waals surface area contributed by atoms with Crippen LogP contribution in [0.5, 0.6) is 0 Å². The van der Waals surface area contributed by atoms with E-state index >= 15 is 0 Å². The fourth-order valence-electron chi connectivity index (χ4n) is 7.46. The maximum absolute atomic E-state index is 13.3. The molecule has 4 rings (SSSR count). The van der Waals surface area contributed by atoms with Crippen LogP contribution in [-0.4, -0.2) is 47.0 Å². The molecule has 2 bridgehead atoms. The summed E-state index contributed by atoms with van der Waals surface area (Å²) >= 11 is 0. The van der Waals surface area contributed by atoms with Crippen molar-refractivity contribution in [3.05, 3.63) is 53.4 Å². The van der Waals surface area contributed by atoms with E-state index in [0.717, 1.165) is 11.1 Å². The van der Waals surface area contributed by atoms with Gasteiger partial charge in [0.15, 0.2) is 5.78 Å². The number of fused-ring (bicyclic) bond motifs is 3. The van der Waals surface area contributed by atoms with Gasteiger partial charge in [-0.25, -0.2) is 0 Å². The van der Waals surface area contributed by atoms with Crippen molar-refractivity contribution in [2.24, 2.45) is 22.7 Å². The Kier molecular flexibility index (Phi) is 8.38. The molecule has 2 saturated carbocycles. The first-order valence-electron chi connectivity index (χ1n) is 14.1. The van der Waals surface area contributed by atoms with Gasteiger partial charge in [-0.2, -0.15) is 0 Å². The fourth-order valence-corrected chi connectivity index (χ4v) is 7.46. The molecule has 1 heterocycles. The van der Waals surface area contributed by atoms with Crippen LogP contribution in [0, 0.1) is 22.7 Å². The second-order valence-corrected chi connectivity index (χ2v) is 12.5. The van der Waals surface area contributed by atoms with E-state index in [1.54, 1.807) is 19.3 Å². The summed E-state index contributed by atoms with van der Waals surface area (Å²) in [6.07, 6.45) is 4.15. The number of allylic oxidation sites excluding steroid dienone is 1.